The molecule has 6 aromatic rings. The first kappa shape index (κ1) is 57.9. The van der Waals surface area contributed by atoms with Crippen molar-refractivity contribution in [3.63, 3.8) is 0 Å². The van der Waals surface area contributed by atoms with Gasteiger partial charge in [-0.3, -0.25) is 9.78 Å². The summed E-state index contributed by atoms with van der Waals surface area (Å²) >= 11 is 0. The number of hydrogen-bond acceptors (Lipinski definition) is 2. The fraction of sp³-hybridized carbons (Fsp3) is 0.222. The first-order chi connectivity index (χ1) is 33.5. The minimum Gasteiger partial charge on any atom is -0.481 e. The number of rotatable bonds is 8. The van der Waals surface area contributed by atoms with Crippen LogP contribution in [0, 0.1) is 0 Å². The van der Waals surface area contributed by atoms with Crippen molar-refractivity contribution < 1.29 is 120 Å². The van der Waals surface area contributed by atoms with Crippen molar-refractivity contribution in [2.45, 2.75) is 62.4 Å². The van der Waals surface area contributed by atoms with Crippen LogP contribution < -0.4 is 26.4 Å². The highest BCUT2D eigenvalue weighted by atomic mass is 19.4. The lowest BCUT2D eigenvalue weighted by atomic mass is 9.12. The molecule has 6 rings (SSSR count). The molecule has 29 heteroatoms. The fourth-order valence-corrected chi connectivity index (χ4v) is 7.73. The molecular formula is C45H25BF24N2O2. The summed E-state index contributed by atoms with van der Waals surface area (Å²) in [4.78, 5) is 14.7. The van der Waals surface area contributed by atoms with Gasteiger partial charge in [-0.1, -0.05) is 78.9 Å². The second kappa shape index (κ2) is 20.0. The number of nitrogens with zero attached hydrogens (tertiary/aromatic N) is 2. The molecule has 0 spiro atoms. The van der Waals surface area contributed by atoms with Gasteiger partial charge in [0.1, 0.15) is 12.6 Å². The van der Waals surface area contributed by atoms with Gasteiger partial charge in [0, 0.05) is 5.56 Å². The number of aromatic nitrogens is 2. The van der Waals surface area contributed by atoms with Crippen LogP contribution in [0.5, 0.6) is 0 Å². The molecule has 0 amide bonds. The predicted molar refractivity (Wildman–Crippen MR) is 211 cm³/mol. The highest BCUT2D eigenvalue weighted by Crippen LogP contribution is 2.41. The minimum atomic E-state index is -6.13. The van der Waals surface area contributed by atoms with Gasteiger partial charge in [-0.2, -0.15) is 132 Å². The SMILES string of the molecule is FC(F)(F)c1cc([B-](c2cc(C(F)(F)F)cc(C(F)(F)F)c2)(c2cc(C(F)(F)F)cc(C(F)(F)F)c2)c2cc(C(F)(F)F)cc(C(F)(F)F)c2)cc(C(F)(F)F)c1.O=C(O)Cc1cncc[n+]1Cc1ccccc1. The zero-order chi connectivity index (χ0) is 56.0. The van der Waals surface area contributed by atoms with Gasteiger partial charge in [-0.05, 0) is 24.3 Å². The molecule has 0 aliphatic heterocycles. The molecule has 74 heavy (non-hydrogen) atoms. The van der Waals surface area contributed by atoms with E-state index in [9.17, 15) is 110 Å². The molecule has 0 saturated carbocycles. The summed E-state index contributed by atoms with van der Waals surface area (Å²) in [5.41, 5.74) is -28.4. The summed E-state index contributed by atoms with van der Waals surface area (Å²) < 4.78 is 343. The first-order valence-electron chi connectivity index (χ1n) is 20.0. The second-order valence-electron chi connectivity index (χ2n) is 16.0. The number of halogens is 24. The van der Waals surface area contributed by atoms with Crippen molar-refractivity contribution in [2.75, 3.05) is 0 Å². The van der Waals surface area contributed by atoms with Gasteiger partial charge in [0.2, 0.25) is 5.69 Å². The minimum absolute atomic E-state index is 0.0132. The van der Waals surface area contributed by atoms with Crippen molar-refractivity contribution in [2.24, 2.45) is 0 Å². The number of aliphatic carboxylic acids is 1. The summed E-state index contributed by atoms with van der Waals surface area (Å²) in [6.45, 7) is 0.659. The Bertz CT molecular complexity index is 2550. The van der Waals surface area contributed by atoms with Crippen molar-refractivity contribution in [1.82, 2.24) is 4.98 Å². The smallest absolute Gasteiger partial charge is 0.416 e. The maximum Gasteiger partial charge on any atom is 0.416 e. The van der Waals surface area contributed by atoms with Gasteiger partial charge >= 0.3 is 55.4 Å². The summed E-state index contributed by atoms with van der Waals surface area (Å²) in [5.74, 6) is -0.847. The van der Waals surface area contributed by atoms with Crippen molar-refractivity contribution in [1.29, 1.82) is 0 Å². The summed E-state index contributed by atoms with van der Waals surface area (Å²) in [5, 5.41) is 8.82. The Hall–Kier alpha value is -6.97. The van der Waals surface area contributed by atoms with Crippen molar-refractivity contribution in [3.8, 4) is 0 Å². The molecular weight excluding hydrogens is 1070 g/mol. The van der Waals surface area contributed by atoms with Crippen LogP contribution >= 0.6 is 0 Å². The fourth-order valence-electron chi connectivity index (χ4n) is 7.73. The summed E-state index contributed by atoms with van der Waals surface area (Å²) in [6.07, 6.45) is -49.8. The van der Waals surface area contributed by atoms with Gasteiger partial charge in [-0.15, -0.1) is 0 Å². The van der Waals surface area contributed by atoms with Gasteiger partial charge in [0.05, 0.1) is 56.9 Å². The Balaban J connectivity index is 0.000000500. The van der Waals surface area contributed by atoms with E-state index < -0.39 is 201 Å². The lowest BCUT2D eigenvalue weighted by molar-refractivity contribution is -0.695. The Kier molecular flexibility index (Phi) is 15.7. The van der Waals surface area contributed by atoms with Crippen LogP contribution in [-0.2, 0) is 67.2 Å². The molecule has 4 nitrogen and oxygen atoms in total. The van der Waals surface area contributed by atoms with Crippen LogP contribution in [0.15, 0.2) is 122 Å². The Morgan fingerprint density at radius 2 is 0.676 bits per heavy atom. The number of benzene rings is 5. The lowest BCUT2D eigenvalue weighted by Gasteiger charge is -2.46. The lowest BCUT2D eigenvalue weighted by Crippen LogP contribution is -2.75. The van der Waals surface area contributed by atoms with E-state index >= 15 is 0 Å². The quantitative estimate of drug-likeness (QED) is 0.0939. The molecule has 0 bridgehead atoms. The average molecular weight is 1090 g/mol. The van der Waals surface area contributed by atoms with Crippen LogP contribution in [0.3, 0.4) is 0 Å². The van der Waals surface area contributed by atoms with E-state index in [1.54, 1.807) is 18.6 Å². The molecule has 0 aliphatic carbocycles. The Morgan fingerprint density at radius 3 is 0.905 bits per heavy atom. The van der Waals surface area contributed by atoms with Crippen LogP contribution in [0.1, 0.15) is 55.8 Å². The molecule has 0 saturated heterocycles. The Morgan fingerprint density at radius 1 is 0.419 bits per heavy atom. The van der Waals surface area contributed by atoms with E-state index in [4.69, 9.17) is 5.11 Å². The molecule has 398 valence electrons. The van der Waals surface area contributed by atoms with Gasteiger partial charge in [0.15, 0.2) is 12.7 Å². The largest absolute Gasteiger partial charge is 0.481 e. The molecule has 0 aliphatic rings. The zero-order valence-corrected chi connectivity index (χ0v) is 35.9. The molecule has 1 N–H and O–H groups in total. The van der Waals surface area contributed by atoms with Gasteiger partial charge in [0.25, 0.3) is 0 Å². The van der Waals surface area contributed by atoms with Crippen molar-refractivity contribution >= 4 is 34.0 Å². The van der Waals surface area contributed by atoms with E-state index in [0.29, 0.717) is 12.2 Å². The second-order valence-corrected chi connectivity index (χ2v) is 16.0. The topological polar surface area (TPSA) is 54.1 Å². The number of carboxylic acid groups (broad SMARTS) is 1. The predicted octanol–water partition coefficient (Wildman–Crippen LogP) is 12.3. The number of carbonyl (C=O) groups is 1. The van der Waals surface area contributed by atoms with Crippen LogP contribution in [-0.4, -0.2) is 22.2 Å². The normalized spacial score (nSPS) is 13.4. The van der Waals surface area contributed by atoms with Crippen LogP contribution in [0.2, 0.25) is 0 Å². The molecule has 0 fully saturated rings. The van der Waals surface area contributed by atoms with Gasteiger partial charge < -0.3 is 5.11 Å². The number of hydrogen-bond donors (Lipinski definition) is 1. The third-order valence-corrected chi connectivity index (χ3v) is 10.9. The molecule has 1 heterocycles. The van der Waals surface area contributed by atoms with Crippen molar-refractivity contribution in [3.05, 3.63) is 177 Å². The standard InChI is InChI=1S/C32H12BF24.C13H12N2O2/c34-25(35,36)13-1-14(26(37,38)39)6-21(5-13)33(22-7-15(27(40,41)42)2-16(8-22)28(43,44)45,23-9-17(29(46,47)48)3-18(10-23)30(49,50)51)24-11-19(31(52,53)54)4-20(12-24)32(55,56)57;16-13(17)8-12-9-14-6-7-15(12)10-11-4-2-1-3-5-11/h1-12H;1-7,9H,8,10H2/q-1;/p+1. The highest BCUT2D eigenvalue weighted by molar-refractivity contribution is 7.20. The highest BCUT2D eigenvalue weighted by Gasteiger charge is 2.47. The Labute approximate surface area is 398 Å². The number of alkyl halides is 24. The summed E-state index contributed by atoms with van der Waals surface area (Å²) in [6, 6.07) is 1.10. The third-order valence-electron chi connectivity index (χ3n) is 10.9. The van der Waals surface area contributed by atoms with E-state index in [0.717, 1.165) is 5.56 Å². The summed E-state index contributed by atoms with van der Waals surface area (Å²) in [7, 11) is 0. The van der Waals surface area contributed by atoms with E-state index in [1.807, 2.05) is 34.9 Å². The van der Waals surface area contributed by atoms with E-state index in [2.05, 4.69) is 4.98 Å². The molecule has 0 radical (unpaired) electrons. The molecule has 1 aromatic heterocycles. The van der Waals surface area contributed by atoms with Crippen LogP contribution in [0.25, 0.3) is 0 Å². The molecule has 0 unspecified atom stereocenters. The molecule has 5 aromatic carbocycles. The monoisotopic (exact) mass is 1090 g/mol. The first-order valence-corrected chi connectivity index (χ1v) is 20.0. The van der Waals surface area contributed by atoms with E-state index in [-0.39, 0.29) is 6.42 Å². The van der Waals surface area contributed by atoms with Crippen LogP contribution in [0.4, 0.5) is 105 Å². The zero-order valence-electron chi connectivity index (χ0n) is 35.9. The van der Waals surface area contributed by atoms with Gasteiger partial charge in [-0.25, -0.2) is 0 Å². The number of carboxylic acids is 1. The third kappa shape index (κ3) is 13.6. The van der Waals surface area contributed by atoms with E-state index in [1.165, 1.54) is 0 Å². The maximum atomic E-state index is 14.2. The molecule has 0 atom stereocenters. The maximum absolute atomic E-state index is 14.2. The average Bonchev–Trinajstić information content (AvgIpc) is 3.25.